The van der Waals surface area contributed by atoms with Crippen LogP contribution in [-0.2, 0) is 4.74 Å². The van der Waals surface area contributed by atoms with Crippen LogP contribution in [-0.4, -0.2) is 22.7 Å². The minimum absolute atomic E-state index is 0.0676. The molecule has 0 aliphatic heterocycles. The van der Waals surface area contributed by atoms with Crippen LogP contribution in [0.3, 0.4) is 0 Å². The Morgan fingerprint density at radius 3 is 2.59 bits per heavy atom. The number of rotatable bonds is 6. The number of aromatic nitrogens is 1. The van der Waals surface area contributed by atoms with Gasteiger partial charge in [-0.1, -0.05) is 31.5 Å². The third-order valence-corrected chi connectivity index (χ3v) is 4.39. The van der Waals surface area contributed by atoms with Gasteiger partial charge in [0.2, 0.25) is 0 Å². The molecule has 0 aliphatic carbocycles. The van der Waals surface area contributed by atoms with Crippen LogP contribution >= 0.6 is 0 Å². The van der Waals surface area contributed by atoms with Crippen LogP contribution in [0.2, 0.25) is 0 Å². The van der Waals surface area contributed by atoms with Gasteiger partial charge in [-0.3, -0.25) is 0 Å². The smallest absolute Gasteiger partial charge is 0.360 e. The van der Waals surface area contributed by atoms with Crippen molar-refractivity contribution in [3.05, 3.63) is 59.4 Å². The number of aryl methyl sites for hydroxylation is 2. The van der Waals surface area contributed by atoms with E-state index in [1.165, 1.54) is 0 Å². The van der Waals surface area contributed by atoms with E-state index in [4.69, 9.17) is 9.47 Å². The normalized spacial score (nSPS) is 10.8. The van der Waals surface area contributed by atoms with Gasteiger partial charge in [0.1, 0.15) is 11.5 Å². The molecule has 0 saturated carbocycles. The fourth-order valence-electron chi connectivity index (χ4n) is 2.85. The van der Waals surface area contributed by atoms with E-state index in [1.807, 2.05) is 39.0 Å². The molecule has 2 aromatic carbocycles. The zero-order valence-electron chi connectivity index (χ0n) is 15.8. The van der Waals surface area contributed by atoms with Gasteiger partial charge in [0.15, 0.2) is 11.4 Å². The molecule has 0 fully saturated rings. The predicted molar refractivity (Wildman–Crippen MR) is 105 cm³/mol. The molecule has 3 rings (SSSR count). The second kappa shape index (κ2) is 8.08. The maximum Gasteiger partial charge on any atom is 0.360 e. The molecule has 0 atom stereocenters. The van der Waals surface area contributed by atoms with Crippen molar-refractivity contribution in [3.8, 4) is 17.2 Å². The van der Waals surface area contributed by atoms with Gasteiger partial charge in [-0.15, -0.1) is 0 Å². The Bertz CT molecular complexity index is 961. The maximum absolute atomic E-state index is 12.1. The summed E-state index contributed by atoms with van der Waals surface area (Å²) in [5.41, 5.74) is 2.02. The summed E-state index contributed by atoms with van der Waals surface area (Å²) < 4.78 is 11.2. The molecule has 1 N–H and O–H groups in total. The number of carbonyl (C=O) groups is 1. The summed E-state index contributed by atoms with van der Waals surface area (Å²) >= 11 is 0. The average molecular weight is 365 g/mol. The lowest BCUT2D eigenvalue weighted by Gasteiger charge is -2.13. The predicted octanol–water partition coefficient (Wildman–Crippen LogP) is 5.31. The SMILES string of the molecule is CCCCOC(=O)c1ncc2cc(Oc3c(C)cccc3C)ccc2c1O. The van der Waals surface area contributed by atoms with Crippen molar-refractivity contribution in [1.82, 2.24) is 4.98 Å². The number of hydrogen-bond donors (Lipinski definition) is 1. The number of fused-ring (bicyclic) bond motifs is 1. The Morgan fingerprint density at radius 1 is 1.15 bits per heavy atom. The zero-order valence-corrected chi connectivity index (χ0v) is 15.8. The first-order valence-electron chi connectivity index (χ1n) is 9.04. The van der Waals surface area contributed by atoms with Crippen LogP contribution < -0.4 is 4.74 Å². The van der Waals surface area contributed by atoms with Crippen molar-refractivity contribution in [1.29, 1.82) is 0 Å². The lowest BCUT2D eigenvalue weighted by Crippen LogP contribution is -2.08. The number of benzene rings is 2. The number of nitrogens with zero attached hydrogens (tertiary/aromatic N) is 1. The van der Waals surface area contributed by atoms with Crippen molar-refractivity contribution in [2.75, 3.05) is 6.61 Å². The van der Waals surface area contributed by atoms with E-state index >= 15 is 0 Å². The molecule has 0 amide bonds. The molecule has 5 nitrogen and oxygen atoms in total. The van der Waals surface area contributed by atoms with Gasteiger partial charge >= 0.3 is 5.97 Å². The quantitative estimate of drug-likeness (QED) is 0.474. The Morgan fingerprint density at radius 2 is 1.89 bits per heavy atom. The van der Waals surface area contributed by atoms with Gasteiger partial charge in [0.05, 0.1) is 6.61 Å². The number of ether oxygens (including phenoxy) is 2. The molecule has 5 heteroatoms. The van der Waals surface area contributed by atoms with Crippen molar-refractivity contribution in [2.24, 2.45) is 0 Å². The fraction of sp³-hybridized carbons (Fsp3) is 0.273. The molecule has 0 radical (unpaired) electrons. The number of unbranched alkanes of at least 4 members (excludes halogenated alkanes) is 1. The van der Waals surface area contributed by atoms with E-state index in [1.54, 1.807) is 24.4 Å². The van der Waals surface area contributed by atoms with Crippen LogP contribution in [0.1, 0.15) is 41.4 Å². The largest absolute Gasteiger partial charge is 0.505 e. The number of para-hydroxylation sites is 1. The Hall–Kier alpha value is -3.08. The summed E-state index contributed by atoms with van der Waals surface area (Å²) in [7, 11) is 0. The minimum Gasteiger partial charge on any atom is -0.505 e. The number of pyridine rings is 1. The highest BCUT2D eigenvalue weighted by Gasteiger charge is 2.17. The highest BCUT2D eigenvalue weighted by atomic mass is 16.5. The summed E-state index contributed by atoms with van der Waals surface area (Å²) in [6.45, 7) is 6.31. The lowest BCUT2D eigenvalue weighted by atomic mass is 10.1. The fourth-order valence-corrected chi connectivity index (χ4v) is 2.85. The number of esters is 1. The van der Waals surface area contributed by atoms with E-state index in [9.17, 15) is 9.90 Å². The number of carbonyl (C=O) groups excluding carboxylic acids is 1. The molecule has 1 heterocycles. The summed E-state index contributed by atoms with van der Waals surface area (Å²) in [5.74, 6) is 0.663. The molecule has 27 heavy (non-hydrogen) atoms. The van der Waals surface area contributed by atoms with Crippen LogP contribution in [0.5, 0.6) is 17.2 Å². The van der Waals surface area contributed by atoms with Gasteiger partial charge in [0.25, 0.3) is 0 Å². The van der Waals surface area contributed by atoms with E-state index in [2.05, 4.69) is 4.98 Å². The summed E-state index contributed by atoms with van der Waals surface area (Å²) in [6.07, 6.45) is 3.25. The third-order valence-electron chi connectivity index (χ3n) is 4.39. The lowest BCUT2D eigenvalue weighted by molar-refractivity contribution is 0.0489. The van der Waals surface area contributed by atoms with Crippen molar-refractivity contribution in [2.45, 2.75) is 33.6 Å². The van der Waals surface area contributed by atoms with Crippen molar-refractivity contribution >= 4 is 16.7 Å². The average Bonchev–Trinajstić information content (AvgIpc) is 2.65. The number of hydrogen-bond acceptors (Lipinski definition) is 5. The first-order valence-corrected chi connectivity index (χ1v) is 9.04. The molecule has 140 valence electrons. The zero-order chi connectivity index (χ0) is 19.4. The third kappa shape index (κ3) is 4.03. The highest BCUT2D eigenvalue weighted by molar-refractivity contribution is 5.99. The van der Waals surface area contributed by atoms with Gasteiger partial charge in [0, 0.05) is 17.0 Å². The molecule has 0 spiro atoms. The Balaban J connectivity index is 1.89. The summed E-state index contributed by atoms with van der Waals surface area (Å²) in [5, 5.41) is 11.7. The second-order valence-electron chi connectivity index (χ2n) is 6.52. The molecule has 1 aromatic heterocycles. The summed E-state index contributed by atoms with van der Waals surface area (Å²) in [4.78, 5) is 16.2. The maximum atomic E-state index is 12.1. The van der Waals surface area contributed by atoms with Crippen molar-refractivity contribution in [3.63, 3.8) is 0 Å². The van der Waals surface area contributed by atoms with Crippen molar-refractivity contribution < 1.29 is 19.4 Å². The van der Waals surface area contributed by atoms with Crippen LogP contribution in [0.4, 0.5) is 0 Å². The molecule has 0 aliphatic rings. The molecule has 0 bridgehead atoms. The van der Waals surface area contributed by atoms with Gasteiger partial charge < -0.3 is 14.6 Å². The minimum atomic E-state index is -0.612. The molecule has 0 saturated heterocycles. The van der Waals surface area contributed by atoms with Gasteiger partial charge in [-0.05, 0) is 49.6 Å². The van der Waals surface area contributed by atoms with E-state index in [0.717, 1.165) is 29.7 Å². The van der Waals surface area contributed by atoms with Gasteiger partial charge in [-0.2, -0.15) is 0 Å². The molecular weight excluding hydrogens is 342 g/mol. The molecule has 3 aromatic rings. The second-order valence-corrected chi connectivity index (χ2v) is 6.52. The van der Waals surface area contributed by atoms with E-state index in [0.29, 0.717) is 23.1 Å². The van der Waals surface area contributed by atoms with E-state index < -0.39 is 5.97 Å². The van der Waals surface area contributed by atoms with Gasteiger partial charge in [-0.25, -0.2) is 9.78 Å². The first-order chi connectivity index (χ1) is 13.0. The monoisotopic (exact) mass is 365 g/mol. The molecular formula is C22H23NO4. The first kappa shape index (κ1) is 18.7. The Kier molecular flexibility index (Phi) is 5.60. The van der Waals surface area contributed by atoms with Crippen LogP contribution in [0.25, 0.3) is 10.8 Å². The van der Waals surface area contributed by atoms with Crippen LogP contribution in [0.15, 0.2) is 42.6 Å². The van der Waals surface area contributed by atoms with E-state index in [-0.39, 0.29) is 11.4 Å². The number of aromatic hydroxyl groups is 1. The highest BCUT2D eigenvalue weighted by Crippen LogP contribution is 2.33. The van der Waals surface area contributed by atoms with Crippen LogP contribution in [0, 0.1) is 13.8 Å². The standard InChI is InChI=1S/C22H23NO4/c1-4-5-11-26-22(25)19-20(24)18-10-9-17(12-16(18)13-23-19)27-21-14(2)7-6-8-15(21)3/h6-10,12-13,24H,4-5,11H2,1-3H3. The Labute approximate surface area is 158 Å². The summed E-state index contributed by atoms with van der Waals surface area (Å²) in [6, 6.07) is 11.2. The topological polar surface area (TPSA) is 68.7 Å². The molecule has 0 unspecified atom stereocenters.